The van der Waals surface area contributed by atoms with Gasteiger partial charge >= 0.3 is 5.82 Å². The summed E-state index contributed by atoms with van der Waals surface area (Å²) >= 11 is 0. The van der Waals surface area contributed by atoms with Crippen molar-refractivity contribution in [3.05, 3.63) is 28.7 Å². The molecule has 0 amide bonds. The van der Waals surface area contributed by atoms with E-state index in [0.717, 1.165) is 6.20 Å². The monoisotopic (exact) mass is 301 g/mol. The van der Waals surface area contributed by atoms with Gasteiger partial charge in [-0.25, -0.2) is 19.5 Å². The van der Waals surface area contributed by atoms with E-state index < -0.39 is 4.92 Å². The number of aliphatic hydroxyl groups is 1. The Kier molecular flexibility index (Phi) is 5.35. The van der Waals surface area contributed by atoms with Gasteiger partial charge in [0.2, 0.25) is 5.82 Å². The minimum absolute atomic E-state index is 0. The first-order chi connectivity index (χ1) is 9.13. The lowest BCUT2D eigenvalue weighted by Crippen LogP contribution is -2.04. The Labute approximate surface area is 119 Å². The van der Waals surface area contributed by atoms with Crippen LogP contribution in [0.4, 0.5) is 5.82 Å². The van der Waals surface area contributed by atoms with Crippen LogP contribution in [-0.2, 0) is 7.05 Å². The third-order valence-corrected chi connectivity index (χ3v) is 2.34. The summed E-state index contributed by atoms with van der Waals surface area (Å²) in [6.07, 6.45) is 3.98. The highest BCUT2D eigenvalue weighted by atomic mass is 35.5. The van der Waals surface area contributed by atoms with Gasteiger partial charge < -0.3 is 20.0 Å². The fourth-order valence-electron chi connectivity index (χ4n) is 1.45. The Hall–Kier alpha value is -2.26. The number of halogens is 1. The zero-order chi connectivity index (χ0) is 13.8. The van der Waals surface area contributed by atoms with Crippen molar-refractivity contribution in [1.29, 1.82) is 0 Å². The second-order valence-corrected chi connectivity index (χ2v) is 3.57. The van der Waals surface area contributed by atoms with Crippen molar-refractivity contribution < 1.29 is 14.8 Å². The quantitative estimate of drug-likeness (QED) is 0.634. The molecule has 20 heavy (non-hydrogen) atoms. The summed E-state index contributed by atoms with van der Waals surface area (Å²) in [6, 6.07) is 0. The number of aromatic nitrogens is 4. The molecular formula is C10H12ClN5O4. The lowest BCUT2D eigenvalue weighted by molar-refractivity contribution is -0.391. The minimum Gasteiger partial charge on any atom is -0.488 e. The van der Waals surface area contributed by atoms with E-state index in [9.17, 15) is 10.1 Å². The van der Waals surface area contributed by atoms with E-state index in [-0.39, 0.29) is 37.3 Å². The predicted octanol–water partition coefficient (Wildman–Crippen LogP) is 0.578. The SMILES string of the molecule is Cl.Cn1c([N+](=O)[O-])cnc1-c1ncc(OCCO)cn1. The lowest BCUT2D eigenvalue weighted by Gasteiger charge is -2.03. The minimum atomic E-state index is -0.533. The molecule has 2 aromatic rings. The summed E-state index contributed by atoms with van der Waals surface area (Å²) in [5, 5.41) is 19.3. The van der Waals surface area contributed by atoms with E-state index in [1.165, 1.54) is 24.0 Å². The van der Waals surface area contributed by atoms with Crippen molar-refractivity contribution >= 4 is 18.2 Å². The van der Waals surface area contributed by atoms with Gasteiger partial charge in [0.25, 0.3) is 5.82 Å². The molecule has 0 aliphatic heterocycles. The molecule has 2 aromatic heterocycles. The number of hydrogen-bond donors (Lipinski definition) is 1. The van der Waals surface area contributed by atoms with Gasteiger partial charge in [0, 0.05) is 0 Å². The summed E-state index contributed by atoms with van der Waals surface area (Å²) in [6.45, 7) is 0.0455. The number of rotatable bonds is 5. The molecule has 0 aliphatic rings. The molecule has 2 heterocycles. The normalized spacial score (nSPS) is 9.90. The van der Waals surface area contributed by atoms with Gasteiger partial charge in [-0.2, -0.15) is 0 Å². The number of nitrogens with zero attached hydrogens (tertiary/aromatic N) is 5. The standard InChI is InChI=1S/C10H11N5O4.ClH/c1-14-8(15(17)18)6-13-10(14)9-11-4-7(5-12-9)19-3-2-16;/h4-6,16H,2-3H2,1H3;1H. The van der Waals surface area contributed by atoms with Crippen LogP contribution >= 0.6 is 12.4 Å². The summed E-state index contributed by atoms with van der Waals surface area (Å²) < 4.78 is 6.40. The van der Waals surface area contributed by atoms with E-state index in [0.29, 0.717) is 11.6 Å². The van der Waals surface area contributed by atoms with Crippen molar-refractivity contribution in [3.8, 4) is 17.4 Å². The molecule has 0 spiro atoms. The molecule has 0 unspecified atom stereocenters. The highest BCUT2D eigenvalue weighted by Crippen LogP contribution is 2.19. The first-order valence-electron chi connectivity index (χ1n) is 5.35. The summed E-state index contributed by atoms with van der Waals surface area (Å²) in [4.78, 5) is 22.1. The second kappa shape index (κ2) is 6.78. The zero-order valence-corrected chi connectivity index (χ0v) is 11.3. The first-order valence-corrected chi connectivity index (χ1v) is 5.35. The van der Waals surface area contributed by atoms with Crippen molar-refractivity contribution in [1.82, 2.24) is 19.5 Å². The van der Waals surface area contributed by atoms with Gasteiger partial charge in [-0.15, -0.1) is 12.4 Å². The molecule has 10 heteroatoms. The van der Waals surface area contributed by atoms with Crippen LogP contribution in [0.15, 0.2) is 18.6 Å². The van der Waals surface area contributed by atoms with Gasteiger partial charge in [0.05, 0.1) is 26.0 Å². The fraction of sp³-hybridized carbons (Fsp3) is 0.300. The van der Waals surface area contributed by atoms with Crippen molar-refractivity contribution in [2.45, 2.75) is 0 Å². The van der Waals surface area contributed by atoms with Crippen LogP contribution in [0.1, 0.15) is 0 Å². The van der Waals surface area contributed by atoms with E-state index in [1.807, 2.05) is 0 Å². The maximum atomic E-state index is 10.7. The molecule has 0 fully saturated rings. The number of aliphatic hydroxyl groups excluding tert-OH is 1. The largest absolute Gasteiger partial charge is 0.488 e. The van der Waals surface area contributed by atoms with Crippen LogP contribution in [0, 0.1) is 10.1 Å². The Morgan fingerprint density at radius 3 is 2.50 bits per heavy atom. The highest BCUT2D eigenvalue weighted by molar-refractivity contribution is 5.85. The third-order valence-electron chi connectivity index (χ3n) is 2.34. The Morgan fingerprint density at radius 1 is 1.35 bits per heavy atom. The van der Waals surface area contributed by atoms with E-state index in [1.54, 1.807) is 0 Å². The molecule has 108 valence electrons. The van der Waals surface area contributed by atoms with Crippen LogP contribution in [0.25, 0.3) is 11.6 Å². The van der Waals surface area contributed by atoms with Gasteiger partial charge in [-0.05, 0) is 4.92 Å². The number of hydrogen-bond acceptors (Lipinski definition) is 7. The Morgan fingerprint density at radius 2 is 2.00 bits per heavy atom. The van der Waals surface area contributed by atoms with Crippen molar-refractivity contribution in [2.24, 2.45) is 7.05 Å². The van der Waals surface area contributed by atoms with Crippen LogP contribution in [-0.4, -0.2) is 42.8 Å². The number of nitro groups is 1. The highest BCUT2D eigenvalue weighted by Gasteiger charge is 2.19. The third kappa shape index (κ3) is 3.19. The molecule has 0 atom stereocenters. The van der Waals surface area contributed by atoms with E-state index in [4.69, 9.17) is 9.84 Å². The molecule has 1 N–H and O–H groups in total. The van der Waals surface area contributed by atoms with Gasteiger partial charge in [-0.3, -0.25) is 0 Å². The van der Waals surface area contributed by atoms with Gasteiger partial charge in [-0.1, -0.05) is 0 Å². The topological polar surface area (TPSA) is 116 Å². The number of imidazole rings is 1. The molecule has 2 rings (SSSR count). The summed E-state index contributed by atoms with van der Waals surface area (Å²) in [5.74, 6) is 0.813. The average Bonchev–Trinajstić information content (AvgIpc) is 2.79. The van der Waals surface area contributed by atoms with Crippen molar-refractivity contribution in [2.75, 3.05) is 13.2 Å². The molecule has 0 bridgehead atoms. The maximum absolute atomic E-state index is 10.7. The second-order valence-electron chi connectivity index (χ2n) is 3.57. The van der Waals surface area contributed by atoms with E-state index >= 15 is 0 Å². The molecule has 0 radical (unpaired) electrons. The van der Waals surface area contributed by atoms with Crippen LogP contribution in [0.2, 0.25) is 0 Å². The summed E-state index contributed by atoms with van der Waals surface area (Å²) in [5.41, 5.74) is 0. The Bertz CT molecular complexity index is 586. The molecular weight excluding hydrogens is 290 g/mol. The average molecular weight is 302 g/mol. The maximum Gasteiger partial charge on any atom is 0.343 e. The molecule has 0 aliphatic carbocycles. The van der Waals surface area contributed by atoms with Crippen LogP contribution < -0.4 is 4.74 Å². The zero-order valence-electron chi connectivity index (χ0n) is 10.5. The van der Waals surface area contributed by atoms with Crippen molar-refractivity contribution in [3.63, 3.8) is 0 Å². The summed E-state index contributed by atoms with van der Waals surface area (Å²) in [7, 11) is 1.51. The number of ether oxygens (including phenoxy) is 1. The van der Waals surface area contributed by atoms with E-state index in [2.05, 4.69) is 15.0 Å². The molecule has 0 saturated carbocycles. The fourth-order valence-corrected chi connectivity index (χ4v) is 1.45. The molecule has 0 aromatic carbocycles. The first kappa shape index (κ1) is 15.8. The lowest BCUT2D eigenvalue weighted by atomic mass is 10.5. The predicted molar refractivity (Wildman–Crippen MR) is 70.7 cm³/mol. The Balaban J connectivity index is 0.00000200. The van der Waals surface area contributed by atoms with Gasteiger partial charge in [0.15, 0.2) is 5.75 Å². The smallest absolute Gasteiger partial charge is 0.343 e. The van der Waals surface area contributed by atoms with Crippen LogP contribution in [0.5, 0.6) is 5.75 Å². The molecule has 9 nitrogen and oxygen atoms in total. The van der Waals surface area contributed by atoms with Crippen LogP contribution in [0.3, 0.4) is 0 Å². The van der Waals surface area contributed by atoms with Gasteiger partial charge in [0.1, 0.15) is 12.8 Å². The molecule has 0 saturated heterocycles.